The summed E-state index contributed by atoms with van der Waals surface area (Å²) in [6, 6.07) is 14.8. The van der Waals surface area contributed by atoms with Gasteiger partial charge in [-0.15, -0.1) is 0 Å². The number of para-hydroxylation sites is 1. The number of aryl methyl sites for hydroxylation is 1. The Morgan fingerprint density at radius 2 is 1.90 bits per heavy atom. The predicted molar refractivity (Wildman–Crippen MR) is 81.5 cm³/mol. The third-order valence-corrected chi connectivity index (χ3v) is 3.52. The van der Waals surface area contributed by atoms with Gasteiger partial charge < -0.3 is 10.4 Å². The second kappa shape index (κ2) is 6.44. The molecule has 0 radical (unpaired) electrons. The fourth-order valence-electron chi connectivity index (χ4n) is 2.09. The SMILES string of the molecule is Cc1cccc(Cl)c1NCC(C(=O)O)c1ccccc1. The lowest BCUT2D eigenvalue weighted by atomic mass is 9.99. The van der Waals surface area contributed by atoms with E-state index in [9.17, 15) is 9.90 Å². The molecule has 0 spiro atoms. The van der Waals surface area contributed by atoms with E-state index in [4.69, 9.17) is 11.6 Å². The maximum atomic E-state index is 11.4. The third-order valence-electron chi connectivity index (χ3n) is 3.20. The van der Waals surface area contributed by atoms with Crippen molar-refractivity contribution in [3.63, 3.8) is 0 Å². The first-order valence-electron chi connectivity index (χ1n) is 6.36. The quantitative estimate of drug-likeness (QED) is 0.877. The molecule has 0 saturated heterocycles. The Morgan fingerprint density at radius 3 is 2.50 bits per heavy atom. The number of hydrogen-bond acceptors (Lipinski definition) is 2. The molecule has 2 aromatic carbocycles. The molecule has 2 rings (SSSR count). The molecule has 0 heterocycles. The monoisotopic (exact) mass is 289 g/mol. The van der Waals surface area contributed by atoms with Crippen LogP contribution in [-0.2, 0) is 4.79 Å². The number of hydrogen-bond donors (Lipinski definition) is 2. The van der Waals surface area contributed by atoms with Gasteiger partial charge in [0.15, 0.2) is 0 Å². The molecular formula is C16H16ClNO2. The summed E-state index contributed by atoms with van der Waals surface area (Å²) in [5, 5.41) is 13.1. The maximum absolute atomic E-state index is 11.4. The molecule has 2 N–H and O–H groups in total. The van der Waals surface area contributed by atoms with Crippen molar-refractivity contribution in [1.82, 2.24) is 0 Å². The Kier molecular flexibility index (Phi) is 4.64. The van der Waals surface area contributed by atoms with Crippen molar-refractivity contribution in [2.24, 2.45) is 0 Å². The molecule has 0 saturated carbocycles. The molecule has 0 amide bonds. The van der Waals surface area contributed by atoms with E-state index in [2.05, 4.69) is 5.32 Å². The van der Waals surface area contributed by atoms with Crippen LogP contribution < -0.4 is 5.32 Å². The minimum atomic E-state index is -0.853. The highest BCUT2D eigenvalue weighted by atomic mass is 35.5. The van der Waals surface area contributed by atoms with E-state index < -0.39 is 11.9 Å². The number of aliphatic carboxylic acids is 1. The van der Waals surface area contributed by atoms with E-state index in [1.165, 1.54) is 0 Å². The van der Waals surface area contributed by atoms with Gasteiger partial charge in [-0.2, -0.15) is 0 Å². The maximum Gasteiger partial charge on any atom is 0.312 e. The summed E-state index contributed by atoms with van der Waals surface area (Å²) >= 11 is 6.13. The van der Waals surface area contributed by atoms with E-state index >= 15 is 0 Å². The molecular weight excluding hydrogens is 274 g/mol. The molecule has 2 aromatic rings. The van der Waals surface area contributed by atoms with Crippen LogP contribution in [-0.4, -0.2) is 17.6 Å². The largest absolute Gasteiger partial charge is 0.481 e. The zero-order valence-electron chi connectivity index (χ0n) is 11.1. The number of carboxylic acid groups (broad SMARTS) is 1. The molecule has 1 unspecified atom stereocenters. The van der Waals surface area contributed by atoms with Crippen LogP contribution in [0.2, 0.25) is 5.02 Å². The van der Waals surface area contributed by atoms with Gasteiger partial charge in [-0.1, -0.05) is 54.1 Å². The van der Waals surface area contributed by atoms with Gasteiger partial charge in [-0.05, 0) is 24.1 Å². The zero-order valence-corrected chi connectivity index (χ0v) is 11.9. The number of benzene rings is 2. The Balaban J connectivity index is 2.17. The van der Waals surface area contributed by atoms with Gasteiger partial charge >= 0.3 is 5.97 Å². The van der Waals surface area contributed by atoms with Crippen molar-refractivity contribution in [3.05, 3.63) is 64.7 Å². The molecule has 1 atom stereocenters. The van der Waals surface area contributed by atoms with Crippen LogP contribution in [0.3, 0.4) is 0 Å². The summed E-state index contributed by atoms with van der Waals surface area (Å²) < 4.78 is 0. The van der Waals surface area contributed by atoms with E-state index in [1.807, 2.05) is 49.4 Å². The van der Waals surface area contributed by atoms with Crippen LogP contribution in [0.15, 0.2) is 48.5 Å². The fraction of sp³-hybridized carbons (Fsp3) is 0.188. The minimum absolute atomic E-state index is 0.296. The van der Waals surface area contributed by atoms with Crippen molar-refractivity contribution in [1.29, 1.82) is 0 Å². The van der Waals surface area contributed by atoms with Crippen molar-refractivity contribution < 1.29 is 9.90 Å². The average Bonchev–Trinajstić information content (AvgIpc) is 2.43. The molecule has 104 valence electrons. The van der Waals surface area contributed by atoms with Crippen LogP contribution in [0.25, 0.3) is 0 Å². The van der Waals surface area contributed by atoms with Gasteiger partial charge in [0.05, 0.1) is 16.6 Å². The van der Waals surface area contributed by atoms with Crippen LogP contribution in [0.1, 0.15) is 17.0 Å². The summed E-state index contributed by atoms with van der Waals surface area (Å²) in [4.78, 5) is 11.4. The van der Waals surface area contributed by atoms with Gasteiger partial charge in [0.1, 0.15) is 0 Å². The topological polar surface area (TPSA) is 49.3 Å². The number of anilines is 1. The van der Waals surface area contributed by atoms with E-state index in [0.717, 1.165) is 16.8 Å². The van der Waals surface area contributed by atoms with Gasteiger partial charge in [-0.3, -0.25) is 4.79 Å². The summed E-state index contributed by atoms with van der Waals surface area (Å²) in [5.41, 5.74) is 2.56. The molecule has 0 aliphatic rings. The van der Waals surface area contributed by atoms with Gasteiger partial charge in [0, 0.05) is 6.54 Å². The number of nitrogens with one attached hydrogen (secondary N) is 1. The van der Waals surface area contributed by atoms with Crippen LogP contribution >= 0.6 is 11.6 Å². The molecule has 4 heteroatoms. The first kappa shape index (κ1) is 14.4. The van der Waals surface area contributed by atoms with Gasteiger partial charge in [0.2, 0.25) is 0 Å². The summed E-state index contributed by atoms with van der Waals surface area (Å²) in [5.74, 6) is -1.46. The first-order valence-corrected chi connectivity index (χ1v) is 6.74. The number of carboxylic acids is 1. The highest BCUT2D eigenvalue weighted by Gasteiger charge is 2.19. The Labute approximate surface area is 123 Å². The second-order valence-corrected chi connectivity index (χ2v) is 5.02. The molecule has 0 bridgehead atoms. The van der Waals surface area contributed by atoms with E-state index in [-0.39, 0.29) is 0 Å². The lowest BCUT2D eigenvalue weighted by molar-refractivity contribution is -0.138. The lowest BCUT2D eigenvalue weighted by Gasteiger charge is -2.16. The molecule has 3 nitrogen and oxygen atoms in total. The fourth-order valence-corrected chi connectivity index (χ4v) is 2.38. The number of halogens is 1. The number of rotatable bonds is 5. The van der Waals surface area contributed by atoms with Crippen LogP contribution in [0.4, 0.5) is 5.69 Å². The molecule has 0 fully saturated rings. The first-order chi connectivity index (χ1) is 9.59. The molecule has 0 aliphatic carbocycles. The second-order valence-electron chi connectivity index (χ2n) is 4.61. The molecule has 0 aromatic heterocycles. The normalized spacial score (nSPS) is 11.9. The smallest absolute Gasteiger partial charge is 0.312 e. The Morgan fingerprint density at radius 1 is 1.20 bits per heavy atom. The average molecular weight is 290 g/mol. The van der Waals surface area contributed by atoms with Crippen molar-refractivity contribution in [2.75, 3.05) is 11.9 Å². The summed E-state index contributed by atoms with van der Waals surface area (Å²) in [6.45, 7) is 2.23. The highest BCUT2D eigenvalue weighted by Crippen LogP contribution is 2.26. The summed E-state index contributed by atoms with van der Waals surface area (Å²) in [6.07, 6.45) is 0. The van der Waals surface area contributed by atoms with Crippen molar-refractivity contribution in [2.45, 2.75) is 12.8 Å². The minimum Gasteiger partial charge on any atom is -0.481 e. The van der Waals surface area contributed by atoms with Gasteiger partial charge in [0.25, 0.3) is 0 Å². The Hall–Kier alpha value is -2.00. The van der Waals surface area contributed by atoms with E-state index in [1.54, 1.807) is 6.07 Å². The number of carbonyl (C=O) groups is 1. The molecule has 20 heavy (non-hydrogen) atoms. The summed E-state index contributed by atoms with van der Waals surface area (Å²) in [7, 11) is 0. The van der Waals surface area contributed by atoms with Gasteiger partial charge in [-0.25, -0.2) is 0 Å². The standard InChI is InChI=1S/C16H16ClNO2/c1-11-6-5-9-14(17)15(11)18-10-13(16(19)20)12-7-3-2-4-8-12/h2-9,13,18H,10H2,1H3,(H,19,20). The van der Waals surface area contributed by atoms with Crippen molar-refractivity contribution >= 4 is 23.3 Å². The molecule has 0 aliphatic heterocycles. The lowest BCUT2D eigenvalue weighted by Crippen LogP contribution is -2.21. The third kappa shape index (κ3) is 3.31. The predicted octanol–water partition coefficient (Wildman–Crippen LogP) is 3.93. The van der Waals surface area contributed by atoms with Crippen LogP contribution in [0.5, 0.6) is 0 Å². The zero-order chi connectivity index (χ0) is 14.5. The van der Waals surface area contributed by atoms with E-state index in [0.29, 0.717) is 11.6 Å². The highest BCUT2D eigenvalue weighted by molar-refractivity contribution is 6.33. The Bertz CT molecular complexity index is 578. The van der Waals surface area contributed by atoms with Crippen LogP contribution in [0, 0.1) is 6.92 Å². The van der Waals surface area contributed by atoms with Crippen molar-refractivity contribution in [3.8, 4) is 0 Å².